The molecule has 0 radical (unpaired) electrons. The Morgan fingerprint density at radius 1 is 1.46 bits per heavy atom. The zero-order valence-corrected chi connectivity index (χ0v) is 6.68. The van der Waals surface area contributed by atoms with Crippen LogP contribution in [0.1, 0.15) is 0 Å². The average Bonchev–Trinajstić information content (AvgIpc) is 2.58. The summed E-state index contributed by atoms with van der Waals surface area (Å²) < 4.78 is 1.52. The number of imidazole rings is 1. The molecule has 0 unspecified atom stereocenters. The van der Waals surface area contributed by atoms with Crippen LogP contribution in [-0.4, -0.2) is 26.8 Å². The van der Waals surface area contributed by atoms with Crippen LogP contribution in [0.5, 0.6) is 0 Å². The van der Waals surface area contributed by atoms with Crippen LogP contribution in [0, 0.1) is 11.2 Å². The summed E-state index contributed by atoms with van der Waals surface area (Å²) in [5.74, 6) is 2.90. The van der Waals surface area contributed by atoms with E-state index in [-0.39, 0.29) is 7.41 Å². The smallest absolute Gasteiger partial charge is 0.367 e. The molecule has 0 aromatic heterocycles. The predicted octanol–water partition coefficient (Wildman–Crippen LogP) is -0.959. The maximum Gasteiger partial charge on any atom is 0.367 e. The van der Waals surface area contributed by atoms with Crippen molar-refractivity contribution in [2.45, 2.75) is 0 Å². The van der Waals surface area contributed by atoms with Gasteiger partial charge in [-0.2, -0.15) is 0 Å². The number of anilines is 1. The van der Waals surface area contributed by atoms with E-state index < -0.39 is 0 Å². The minimum absolute atomic E-state index is 0.168. The average molecular weight is 172 g/mol. The number of nitrogens with zero attached hydrogens (tertiary/aromatic N) is 5. The molecule has 2 N–H and O–H groups in total. The molecule has 2 aliphatic rings. The lowest BCUT2D eigenvalue weighted by Gasteiger charge is -2.06. The first-order chi connectivity index (χ1) is 6.33. The van der Waals surface area contributed by atoms with E-state index in [2.05, 4.69) is 15.0 Å². The molecule has 0 amide bonds. The van der Waals surface area contributed by atoms with E-state index in [0.29, 0.717) is 17.3 Å². The van der Waals surface area contributed by atoms with Crippen molar-refractivity contribution in [3.63, 3.8) is 0 Å². The van der Waals surface area contributed by atoms with Crippen molar-refractivity contribution in [3.05, 3.63) is 12.7 Å². The first-order valence-electron chi connectivity index (χ1n) is 3.61. The van der Waals surface area contributed by atoms with Gasteiger partial charge in [0.15, 0.2) is 5.82 Å². The van der Waals surface area contributed by atoms with Crippen LogP contribution < -0.4 is 5.73 Å². The van der Waals surface area contributed by atoms with Gasteiger partial charge in [0.05, 0.1) is 6.33 Å². The van der Waals surface area contributed by atoms with Crippen LogP contribution in [0.15, 0.2) is 12.7 Å². The standard InChI is InChI=1S/C6H5BN6/c8-1-7-13-3-12-6-4(5(13)9)10-2-11-6/h2-3,7H,9H2. The van der Waals surface area contributed by atoms with Crippen molar-refractivity contribution < 1.29 is 0 Å². The van der Waals surface area contributed by atoms with Gasteiger partial charge in [-0.15, -0.1) is 0 Å². The summed E-state index contributed by atoms with van der Waals surface area (Å²) in [5.41, 5.74) is 6.26. The van der Waals surface area contributed by atoms with E-state index in [4.69, 9.17) is 11.0 Å². The van der Waals surface area contributed by atoms with Gasteiger partial charge in [-0.1, -0.05) is 0 Å². The molecular formula is C6H5BN6. The van der Waals surface area contributed by atoms with Crippen LogP contribution in [0.3, 0.4) is 0 Å². The van der Waals surface area contributed by atoms with E-state index in [0.717, 1.165) is 0 Å². The molecule has 7 heteroatoms. The van der Waals surface area contributed by atoms with Gasteiger partial charge in [0.25, 0.3) is 0 Å². The van der Waals surface area contributed by atoms with Crippen LogP contribution in [0.25, 0.3) is 11.5 Å². The van der Waals surface area contributed by atoms with Gasteiger partial charge in [0, 0.05) is 5.97 Å². The van der Waals surface area contributed by atoms with E-state index in [1.165, 1.54) is 17.1 Å². The van der Waals surface area contributed by atoms with Gasteiger partial charge in [-0.05, 0) is 0 Å². The number of hydrogen-bond donors (Lipinski definition) is 1. The molecule has 0 saturated heterocycles. The Balaban J connectivity index is 2.61. The fourth-order valence-electron chi connectivity index (χ4n) is 1.06. The van der Waals surface area contributed by atoms with E-state index in [9.17, 15) is 0 Å². The predicted molar refractivity (Wildman–Crippen MR) is 47.0 cm³/mol. The van der Waals surface area contributed by atoms with Gasteiger partial charge in [-0.25, -0.2) is 20.2 Å². The first-order valence-corrected chi connectivity index (χ1v) is 3.61. The van der Waals surface area contributed by atoms with Crippen molar-refractivity contribution in [1.29, 1.82) is 5.26 Å². The second-order valence-corrected chi connectivity index (χ2v) is 2.46. The number of hydrogen-bond acceptors (Lipinski definition) is 5. The second kappa shape index (κ2) is 2.75. The van der Waals surface area contributed by atoms with Crippen molar-refractivity contribution in [3.8, 4) is 17.5 Å². The maximum absolute atomic E-state index is 8.48. The number of fused-ring (bicyclic) bond motifs is 1. The highest BCUT2D eigenvalue weighted by molar-refractivity contribution is 6.44. The number of rotatable bonds is 1. The third-order valence-corrected chi connectivity index (χ3v) is 1.69. The molecule has 6 nitrogen and oxygen atoms in total. The molecule has 0 bridgehead atoms. The van der Waals surface area contributed by atoms with Crippen LogP contribution >= 0.6 is 0 Å². The molecule has 0 atom stereocenters. The molecule has 2 rings (SSSR count). The Morgan fingerprint density at radius 2 is 2.31 bits per heavy atom. The maximum atomic E-state index is 8.48. The van der Waals surface area contributed by atoms with Crippen LogP contribution in [0.2, 0.25) is 0 Å². The van der Waals surface area contributed by atoms with Crippen molar-refractivity contribution >= 4 is 13.2 Å². The molecule has 0 saturated carbocycles. The molecule has 2 aliphatic heterocycles. The summed E-state index contributed by atoms with van der Waals surface area (Å²) in [6, 6.07) is 0. The summed E-state index contributed by atoms with van der Waals surface area (Å²) >= 11 is 0. The largest absolute Gasteiger partial charge is 0.384 e. The molecule has 62 valence electrons. The molecule has 2 heterocycles. The Hall–Kier alpha value is -2.10. The highest BCUT2D eigenvalue weighted by Gasteiger charge is 2.13. The normalized spacial score (nSPS) is 9.77. The minimum Gasteiger partial charge on any atom is -0.384 e. The highest BCUT2D eigenvalue weighted by Crippen LogP contribution is 2.19. The summed E-state index contributed by atoms with van der Waals surface area (Å²) in [6.07, 6.45) is 2.88. The molecular weight excluding hydrogens is 167 g/mol. The van der Waals surface area contributed by atoms with Crippen molar-refractivity contribution in [1.82, 2.24) is 19.4 Å². The lowest BCUT2D eigenvalue weighted by Crippen LogP contribution is -2.13. The molecule has 0 aromatic rings. The van der Waals surface area contributed by atoms with Gasteiger partial charge < -0.3 is 10.2 Å². The number of aromatic nitrogens is 4. The SMILES string of the molecule is N#CBn1cnc2ncnc-2c1N. The molecule has 13 heavy (non-hydrogen) atoms. The number of nitrogens with two attached hydrogens (primary N) is 1. The highest BCUT2D eigenvalue weighted by atomic mass is 15.1. The Morgan fingerprint density at radius 3 is 3.08 bits per heavy atom. The third kappa shape index (κ3) is 1.08. The number of nitriles is 1. The fourth-order valence-corrected chi connectivity index (χ4v) is 1.06. The zero-order chi connectivity index (χ0) is 9.26. The first kappa shape index (κ1) is 7.55. The Kier molecular flexibility index (Phi) is 1.60. The number of nitrogen functional groups attached to an aromatic ring is 1. The van der Waals surface area contributed by atoms with Crippen LogP contribution in [-0.2, 0) is 0 Å². The topological polar surface area (TPSA) is 93.4 Å². The fraction of sp³-hybridized carbons (Fsp3) is 0. The lowest BCUT2D eigenvalue weighted by molar-refractivity contribution is 1.07. The summed E-state index contributed by atoms with van der Waals surface area (Å²) in [5, 5.41) is 8.48. The molecule has 0 aromatic carbocycles. The summed E-state index contributed by atoms with van der Waals surface area (Å²) in [6.45, 7) is 0. The molecule has 0 fully saturated rings. The van der Waals surface area contributed by atoms with Gasteiger partial charge in [0.1, 0.15) is 17.8 Å². The summed E-state index contributed by atoms with van der Waals surface area (Å²) in [7, 11) is 0.168. The van der Waals surface area contributed by atoms with Gasteiger partial charge >= 0.3 is 7.41 Å². The second-order valence-electron chi connectivity index (χ2n) is 2.46. The minimum atomic E-state index is 0.168. The quantitative estimate of drug-likeness (QED) is 0.559. The molecule has 0 aliphatic carbocycles. The van der Waals surface area contributed by atoms with Crippen LogP contribution in [0.4, 0.5) is 5.82 Å². The van der Waals surface area contributed by atoms with E-state index >= 15 is 0 Å². The third-order valence-electron chi connectivity index (χ3n) is 1.69. The summed E-state index contributed by atoms with van der Waals surface area (Å²) in [4.78, 5) is 11.8. The zero-order valence-electron chi connectivity index (χ0n) is 6.68. The van der Waals surface area contributed by atoms with E-state index in [1.54, 1.807) is 0 Å². The lowest BCUT2D eigenvalue weighted by atomic mass is 9.98. The Labute approximate surface area is 74.7 Å². The molecule has 0 spiro atoms. The van der Waals surface area contributed by atoms with Crippen molar-refractivity contribution in [2.24, 2.45) is 0 Å². The van der Waals surface area contributed by atoms with Gasteiger partial charge in [-0.3, -0.25) is 0 Å². The van der Waals surface area contributed by atoms with Crippen molar-refractivity contribution in [2.75, 3.05) is 5.73 Å². The monoisotopic (exact) mass is 172 g/mol. The van der Waals surface area contributed by atoms with Gasteiger partial charge in [0.2, 0.25) is 0 Å². The van der Waals surface area contributed by atoms with E-state index in [1.807, 2.05) is 5.97 Å². The Bertz CT molecular complexity index is 443.